The van der Waals surface area contributed by atoms with Crippen LogP contribution in [0.1, 0.15) is 32.1 Å². The number of benzene rings is 1. The quantitative estimate of drug-likeness (QED) is 0.459. The fourth-order valence-electron chi connectivity index (χ4n) is 2.54. The molecule has 0 bridgehead atoms. The van der Waals surface area contributed by atoms with Gasteiger partial charge in [-0.15, -0.1) is 0 Å². The van der Waals surface area contributed by atoms with Crippen molar-refractivity contribution in [3.63, 3.8) is 0 Å². The summed E-state index contributed by atoms with van der Waals surface area (Å²) >= 11 is 3.59. The first-order chi connectivity index (χ1) is 9.15. The van der Waals surface area contributed by atoms with E-state index in [1.807, 2.05) is 0 Å². The molecule has 0 saturated heterocycles. The zero-order valence-electron chi connectivity index (χ0n) is 10.8. The van der Waals surface area contributed by atoms with Crippen LogP contribution >= 0.6 is 15.9 Å². The highest BCUT2D eigenvalue weighted by Gasteiger charge is 2.31. The summed E-state index contributed by atoms with van der Waals surface area (Å²) < 4.78 is 5.80. The number of alkyl halides is 1. The van der Waals surface area contributed by atoms with Gasteiger partial charge in [-0.25, -0.2) is 0 Å². The standard InChI is InChI=1S/C14H18BrNO3/c15-10-14(7-2-1-3-8-14)11-19-13-6-4-5-12(9-13)16(17)18/h4-6,9H,1-3,7-8,10-11H2. The molecule has 1 fully saturated rings. The van der Waals surface area contributed by atoms with Crippen molar-refractivity contribution in [2.75, 3.05) is 11.9 Å². The van der Waals surface area contributed by atoms with Crippen LogP contribution in [-0.4, -0.2) is 16.9 Å². The molecule has 0 aliphatic heterocycles. The molecule has 4 nitrogen and oxygen atoms in total. The molecule has 104 valence electrons. The molecule has 2 rings (SSSR count). The molecule has 0 spiro atoms. The highest BCUT2D eigenvalue weighted by Crippen LogP contribution is 2.38. The van der Waals surface area contributed by atoms with Gasteiger partial charge < -0.3 is 4.74 Å². The number of ether oxygens (including phenoxy) is 1. The Morgan fingerprint density at radius 2 is 2.05 bits per heavy atom. The third-order valence-corrected chi connectivity index (χ3v) is 4.96. The number of hydrogen-bond acceptors (Lipinski definition) is 3. The number of rotatable bonds is 5. The van der Waals surface area contributed by atoms with E-state index in [-0.39, 0.29) is 11.1 Å². The Bertz CT molecular complexity index is 444. The molecule has 0 atom stereocenters. The lowest BCUT2D eigenvalue weighted by Crippen LogP contribution is -2.32. The lowest BCUT2D eigenvalue weighted by atomic mass is 9.76. The molecule has 0 N–H and O–H groups in total. The first-order valence-corrected chi connectivity index (χ1v) is 7.71. The zero-order valence-corrected chi connectivity index (χ0v) is 12.4. The maximum Gasteiger partial charge on any atom is 0.273 e. The highest BCUT2D eigenvalue weighted by molar-refractivity contribution is 9.09. The monoisotopic (exact) mass is 327 g/mol. The van der Waals surface area contributed by atoms with Gasteiger partial charge in [0, 0.05) is 16.8 Å². The van der Waals surface area contributed by atoms with Gasteiger partial charge in [-0.1, -0.05) is 41.3 Å². The van der Waals surface area contributed by atoms with Crippen molar-refractivity contribution in [1.29, 1.82) is 0 Å². The van der Waals surface area contributed by atoms with Crippen molar-refractivity contribution in [1.82, 2.24) is 0 Å². The first kappa shape index (κ1) is 14.3. The number of halogens is 1. The zero-order chi connectivity index (χ0) is 13.7. The van der Waals surface area contributed by atoms with Crippen molar-refractivity contribution in [3.8, 4) is 5.75 Å². The van der Waals surface area contributed by atoms with Crippen molar-refractivity contribution in [3.05, 3.63) is 34.4 Å². The maximum atomic E-state index is 10.7. The second-order valence-corrected chi connectivity index (χ2v) is 5.80. The minimum absolute atomic E-state index is 0.0778. The average molecular weight is 328 g/mol. The normalized spacial score (nSPS) is 17.9. The van der Waals surface area contributed by atoms with E-state index >= 15 is 0 Å². The molecule has 0 heterocycles. The number of nitrogens with zero attached hydrogens (tertiary/aromatic N) is 1. The summed E-state index contributed by atoms with van der Waals surface area (Å²) in [5.41, 5.74) is 0.261. The number of nitro benzene ring substituents is 1. The summed E-state index contributed by atoms with van der Waals surface area (Å²) in [5.74, 6) is 0.583. The second kappa shape index (κ2) is 6.37. The van der Waals surface area contributed by atoms with Gasteiger partial charge in [0.1, 0.15) is 5.75 Å². The number of nitro groups is 1. The molecule has 1 aromatic carbocycles. The number of non-ortho nitro benzene ring substituents is 1. The topological polar surface area (TPSA) is 52.4 Å². The fraction of sp³-hybridized carbons (Fsp3) is 0.571. The van der Waals surface area contributed by atoms with Crippen molar-refractivity contribution in [2.45, 2.75) is 32.1 Å². The molecule has 1 saturated carbocycles. The van der Waals surface area contributed by atoms with Gasteiger partial charge in [-0.3, -0.25) is 10.1 Å². The van der Waals surface area contributed by atoms with Crippen molar-refractivity contribution >= 4 is 21.6 Å². The van der Waals surface area contributed by atoms with Gasteiger partial charge in [0.2, 0.25) is 0 Å². The Hall–Kier alpha value is -1.10. The van der Waals surface area contributed by atoms with E-state index in [0.29, 0.717) is 12.4 Å². The Balaban J connectivity index is 2.00. The molecule has 1 aromatic rings. The number of hydrogen-bond donors (Lipinski definition) is 0. The van der Waals surface area contributed by atoms with Gasteiger partial charge in [0.05, 0.1) is 17.6 Å². The van der Waals surface area contributed by atoms with E-state index < -0.39 is 4.92 Å². The predicted octanol–water partition coefficient (Wildman–Crippen LogP) is 4.32. The average Bonchev–Trinajstić information content (AvgIpc) is 2.46. The molecule has 0 aromatic heterocycles. The van der Waals surface area contributed by atoms with E-state index in [2.05, 4.69) is 15.9 Å². The predicted molar refractivity (Wildman–Crippen MR) is 77.9 cm³/mol. The van der Waals surface area contributed by atoms with Gasteiger partial charge >= 0.3 is 0 Å². The van der Waals surface area contributed by atoms with E-state index in [1.54, 1.807) is 12.1 Å². The van der Waals surface area contributed by atoms with Crippen LogP contribution in [0.5, 0.6) is 5.75 Å². The molecule has 0 amide bonds. The van der Waals surface area contributed by atoms with E-state index in [0.717, 1.165) is 18.2 Å². The van der Waals surface area contributed by atoms with E-state index in [1.165, 1.54) is 31.4 Å². The third-order valence-electron chi connectivity index (χ3n) is 3.77. The van der Waals surface area contributed by atoms with Crippen LogP contribution in [0.2, 0.25) is 0 Å². The largest absolute Gasteiger partial charge is 0.493 e. The molecular weight excluding hydrogens is 310 g/mol. The summed E-state index contributed by atoms with van der Waals surface area (Å²) in [6.07, 6.45) is 6.10. The summed E-state index contributed by atoms with van der Waals surface area (Å²) in [4.78, 5) is 10.3. The summed E-state index contributed by atoms with van der Waals surface area (Å²) in [5, 5.41) is 11.6. The van der Waals surface area contributed by atoms with Crippen LogP contribution in [0.3, 0.4) is 0 Å². The smallest absolute Gasteiger partial charge is 0.273 e. The summed E-state index contributed by atoms with van der Waals surface area (Å²) in [6.45, 7) is 0.624. The molecule has 19 heavy (non-hydrogen) atoms. The van der Waals surface area contributed by atoms with Crippen LogP contribution in [0.25, 0.3) is 0 Å². The van der Waals surface area contributed by atoms with Crippen molar-refractivity contribution < 1.29 is 9.66 Å². The molecule has 0 radical (unpaired) electrons. The molecule has 1 aliphatic rings. The molecular formula is C14H18BrNO3. The highest BCUT2D eigenvalue weighted by atomic mass is 79.9. The Morgan fingerprint density at radius 3 is 2.68 bits per heavy atom. The lowest BCUT2D eigenvalue weighted by Gasteiger charge is -2.35. The molecule has 1 aliphatic carbocycles. The van der Waals surface area contributed by atoms with Gasteiger partial charge in [0.15, 0.2) is 0 Å². The van der Waals surface area contributed by atoms with Crippen LogP contribution in [-0.2, 0) is 0 Å². The van der Waals surface area contributed by atoms with Gasteiger partial charge in [-0.2, -0.15) is 0 Å². The lowest BCUT2D eigenvalue weighted by molar-refractivity contribution is -0.384. The van der Waals surface area contributed by atoms with Crippen molar-refractivity contribution in [2.24, 2.45) is 5.41 Å². The van der Waals surface area contributed by atoms with E-state index in [4.69, 9.17) is 4.74 Å². The van der Waals surface area contributed by atoms with Crippen LogP contribution < -0.4 is 4.74 Å². The Labute approximate surface area is 121 Å². The fourth-order valence-corrected chi connectivity index (χ4v) is 3.26. The SMILES string of the molecule is O=[N+]([O-])c1cccc(OCC2(CBr)CCCCC2)c1. The molecule has 5 heteroatoms. The minimum Gasteiger partial charge on any atom is -0.493 e. The van der Waals surface area contributed by atoms with Crippen LogP contribution in [0.15, 0.2) is 24.3 Å². The van der Waals surface area contributed by atoms with Crippen LogP contribution in [0, 0.1) is 15.5 Å². The maximum absolute atomic E-state index is 10.7. The summed E-state index contributed by atoms with van der Waals surface area (Å²) in [7, 11) is 0. The van der Waals surface area contributed by atoms with Gasteiger partial charge in [0.25, 0.3) is 5.69 Å². The van der Waals surface area contributed by atoms with Gasteiger partial charge in [-0.05, 0) is 18.9 Å². The third kappa shape index (κ3) is 3.69. The second-order valence-electron chi connectivity index (χ2n) is 5.24. The summed E-state index contributed by atoms with van der Waals surface area (Å²) in [6, 6.07) is 6.41. The van der Waals surface area contributed by atoms with Crippen LogP contribution in [0.4, 0.5) is 5.69 Å². The minimum atomic E-state index is -0.395. The first-order valence-electron chi connectivity index (χ1n) is 6.58. The molecule has 0 unspecified atom stereocenters. The Kier molecular flexibility index (Phi) is 4.80. The Morgan fingerprint density at radius 1 is 1.32 bits per heavy atom. The van der Waals surface area contributed by atoms with E-state index in [9.17, 15) is 10.1 Å².